The Balaban J connectivity index is 2.17. The molecule has 0 aliphatic heterocycles. The smallest absolute Gasteiger partial charge is 0.216 e. The van der Waals surface area contributed by atoms with Crippen LogP contribution in [0.15, 0.2) is 29.3 Å². The van der Waals surface area contributed by atoms with Crippen LogP contribution < -0.4 is 0 Å². The van der Waals surface area contributed by atoms with Crippen LogP contribution in [-0.4, -0.2) is 19.0 Å². The van der Waals surface area contributed by atoms with Crippen molar-refractivity contribution < 1.29 is 4.74 Å². The largest absolute Gasteiger partial charge is 0.481 e. The van der Waals surface area contributed by atoms with Gasteiger partial charge in [-0.25, -0.2) is 4.99 Å². The lowest BCUT2D eigenvalue weighted by molar-refractivity contribution is 0.402. The zero-order chi connectivity index (χ0) is 11.5. The number of hydrogen-bond acceptors (Lipinski definition) is 3. The first-order valence-corrected chi connectivity index (χ1v) is 5.33. The minimum atomic E-state index is 0.0793. The second-order valence-electron chi connectivity index (χ2n) is 4.04. The average molecular weight is 214 g/mol. The number of aliphatic imine (C=N–C) groups is 1. The number of nitrogens with zero attached hydrogens (tertiary/aromatic N) is 2. The van der Waals surface area contributed by atoms with Crippen molar-refractivity contribution in [1.29, 1.82) is 5.26 Å². The van der Waals surface area contributed by atoms with Crippen LogP contribution in [-0.2, 0) is 4.74 Å². The summed E-state index contributed by atoms with van der Waals surface area (Å²) >= 11 is 0. The summed E-state index contributed by atoms with van der Waals surface area (Å²) in [5.74, 6) is 0.707. The first-order valence-electron chi connectivity index (χ1n) is 5.33. The molecule has 1 aromatic carbocycles. The van der Waals surface area contributed by atoms with Gasteiger partial charge in [-0.1, -0.05) is 17.7 Å². The van der Waals surface area contributed by atoms with Gasteiger partial charge >= 0.3 is 0 Å². The summed E-state index contributed by atoms with van der Waals surface area (Å²) in [6.07, 6.45) is 0.856. The third kappa shape index (κ3) is 2.22. The monoisotopic (exact) mass is 214 g/mol. The molecule has 1 aromatic rings. The normalized spacial score (nSPS) is 23.7. The topological polar surface area (TPSA) is 45.4 Å². The van der Waals surface area contributed by atoms with Gasteiger partial charge in [-0.15, -0.1) is 0 Å². The van der Waals surface area contributed by atoms with E-state index >= 15 is 0 Å². The molecule has 82 valence electrons. The molecule has 0 radical (unpaired) electrons. The van der Waals surface area contributed by atoms with Gasteiger partial charge in [0.2, 0.25) is 5.90 Å². The van der Waals surface area contributed by atoms with E-state index < -0.39 is 0 Å². The Morgan fingerprint density at radius 3 is 2.62 bits per heavy atom. The summed E-state index contributed by atoms with van der Waals surface area (Å²) in [4.78, 5) is 4.43. The van der Waals surface area contributed by atoms with Crippen LogP contribution in [0.4, 0.5) is 0 Å². The van der Waals surface area contributed by atoms with E-state index in [-0.39, 0.29) is 12.0 Å². The third-order valence-corrected chi connectivity index (χ3v) is 2.70. The minimum absolute atomic E-state index is 0.0793. The lowest BCUT2D eigenvalue weighted by atomic mass is 10.1. The van der Waals surface area contributed by atoms with E-state index in [0.29, 0.717) is 5.90 Å². The number of nitriles is 1. The van der Waals surface area contributed by atoms with Gasteiger partial charge in [-0.05, 0) is 25.5 Å². The fraction of sp³-hybridized carbons (Fsp3) is 0.385. The molecule has 16 heavy (non-hydrogen) atoms. The van der Waals surface area contributed by atoms with Crippen molar-refractivity contribution in [3.63, 3.8) is 0 Å². The van der Waals surface area contributed by atoms with Crippen molar-refractivity contribution in [2.45, 2.75) is 19.4 Å². The summed E-state index contributed by atoms with van der Waals surface area (Å²) in [7, 11) is 1.61. The van der Waals surface area contributed by atoms with Crippen LogP contribution in [0, 0.1) is 24.2 Å². The van der Waals surface area contributed by atoms with E-state index in [0.717, 1.165) is 12.0 Å². The highest BCUT2D eigenvalue weighted by molar-refractivity contribution is 5.94. The summed E-state index contributed by atoms with van der Waals surface area (Å²) in [6.45, 7) is 2.04. The van der Waals surface area contributed by atoms with Crippen molar-refractivity contribution in [2.24, 2.45) is 10.9 Å². The number of ether oxygens (including phenoxy) is 1. The number of methoxy groups -OCH3 is 1. The molecule has 3 nitrogen and oxygen atoms in total. The Hall–Kier alpha value is -1.82. The van der Waals surface area contributed by atoms with Gasteiger partial charge in [-0.2, -0.15) is 5.26 Å². The van der Waals surface area contributed by atoms with Crippen LogP contribution >= 0.6 is 0 Å². The summed E-state index contributed by atoms with van der Waals surface area (Å²) in [5, 5.41) is 8.71. The fourth-order valence-electron chi connectivity index (χ4n) is 1.55. The van der Waals surface area contributed by atoms with Crippen molar-refractivity contribution in [1.82, 2.24) is 0 Å². The Morgan fingerprint density at radius 1 is 1.44 bits per heavy atom. The molecule has 1 saturated carbocycles. The quantitative estimate of drug-likeness (QED) is 0.560. The molecule has 3 heteroatoms. The van der Waals surface area contributed by atoms with Crippen LogP contribution in [0.2, 0.25) is 0 Å². The van der Waals surface area contributed by atoms with E-state index in [1.165, 1.54) is 5.56 Å². The van der Waals surface area contributed by atoms with E-state index in [9.17, 15) is 0 Å². The molecule has 0 N–H and O–H groups in total. The maximum absolute atomic E-state index is 8.71. The maximum atomic E-state index is 8.71. The van der Waals surface area contributed by atoms with E-state index in [4.69, 9.17) is 10.00 Å². The average Bonchev–Trinajstić information content (AvgIpc) is 3.06. The molecule has 0 saturated heterocycles. The van der Waals surface area contributed by atoms with E-state index in [1.54, 1.807) is 7.11 Å². The van der Waals surface area contributed by atoms with Crippen LogP contribution in [0.1, 0.15) is 17.5 Å². The van der Waals surface area contributed by atoms with Crippen molar-refractivity contribution in [3.05, 3.63) is 35.4 Å². The Morgan fingerprint density at radius 2 is 2.12 bits per heavy atom. The van der Waals surface area contributed by atoms with Crippen molar-refractivity contribution >= 4 is 5.90 Å². The molecule has 0 spiro atoms. The number of rotatable bonds is 2. The summed E-state index contributed by atoms with van der Waals surface area (Å²) in [5.41, 5.74) is 2.18. The van der Waals surface area contributed by atoms with Crippen molar-refractivity contribution in [3.8, 4) is 6.07 Å². The standard InChI is InChI=1S/C13H14N2O/c1-9-3-5-10(6-4-9)13(16-2)15-12-7-11(12)8-14/h3-6,11-12H,7H2,1-2H3. The second kappa shape index (κ2) is 4.36. The van der Waals surface area contributed by atoms with Gasteiger partial charge in [-0.3, -0.25) is 0 Å². The first-order chi connectivity index (χ1) is 7.74. The van der Waals surface area contributed by atoms with Gasteiger partial charge in [0.1, 0.15) is 0 Å². The molecule has 1 fully saturated rings. The number of hydrogen-bond donors (Lipinski definition) is 0. The molecule has 0 bridgehead atoms. The molecule has 0 aromatic heterocycles. The zero-order valence-electron chi connectivity index (χ0n) is 9.47. The number of benzene rings is 1. The highest BCUT2D eigenvalue weighted by atomic mass is 16.5. The van der Waals surface area contributed by atoms with Crippen LogP contribution in [0.5, 0.6) is 0 Å². The van der Waals surface area contributed by atoms with Gasteiger partial charge in [0.15, 0.2) is 0 Å². The first kappa shape index (κ1) is 10.7. The second-order valence-corrected chi connectivity index (χ2v) is 4.04. The predicted molar refractivity (Wildman–Crippen MR) is 62.2 cm³/mol. The molecule has 2 rings (SSSR count). The fourth-order valence-corrected chi connectivity index (χ4v) is 1.55. The maximum Gasteiger partial charge on any atom is 0.216 e. The molecule has 2 atom stereocenters. The van der Waals surface area contributed by atoms with Crippen LogP contribution in [0.25, 0.3) is 0 Å². The SMILES string of the molecule is COC(=NC1CC1C#N)c1ccc(C)cc1. The summed E-state index contributed by atoms with van der Waals surface area (Å²) in [6, 6.07) is 10.4. The molecule has 2 unspecified atom stereocenters. The third-order valence-electron chi connectivity index (χ3n) is 2.70. The summed E-state index contributed by atoms with van der Waals surface area (Å²) < 4.78 is 5.26. The van der Waals surface area contributed by atoms with Gasteiger partial charge in [0.25, 0.3) is 0 Å². The Kier molecular flexibility index (Phi) is 2.91. The predicted octanol–water partition coefficient (Wildman–Crippen LogP) is 2.30. The lowest BCUT2D eigenvalue weighted by Gasteiger charge is -2.05. The Labute approximate surface area is 95.4 Å². The molecule has 0 amide bonds. The van der Waals surface area contributed by atoms with Gasteiger partial charge < -0.3 is 4.74 Å². The van der Waals surface area contributed by atoms with Gasteiger partial charge in [0, 0.05) is 5.56 Å². The molecule has 1 aliphatic rings. The van der Waals surface area contributed by atoms with Gasteiger partial charge in [0.05, 0.1) is 25.1 Å². The molecule has 1 aliphatic carbocycles. The lowest BCUT2D eigenvalue weighted by Crippen LogP contribution is -2.05. The molecular formula is C13H14N2O. The molecule has 0 heterocycles. The van der Waals surface area contributed by atoms with Crippen molar-refractivity contribution in [2.75, 3.05) is 7.11 Å². The molecular weight excluding hydrogens is 200 g/mol. The highest BCUT2D eigenvalue weighted by Gasteiger charge is 2.37. The minimum Gasteiger partial charge on any atom is -0.481 e. The Bertz CT molecular complexity index is 442. The number of aryl methyl sites for hydroxylation is 1. The van der Waals surface area contributed by atoms with E-state index in [1.807, 2.05) is 31.2 Å². The highest BCUT2D eigenvalue weighted by Crippen LogP contribution is 2.33. The van der Waals surface area contributed by atoms with E-state index in [2.05, 4.69) is 11.1 Å². The zero-order valence-corrected chi connectivity index (χ0v) is 9.47. The van der Waals surface area contributed by atoms with Crippen LogP contribution in [0.3, 0.4) is 0 Å².